The number of nitrogens with two attached hydrogens (primary N) is 1. The molecule has 22 heavy (non-hydrogen) atoms. The highest BCUT2D eigenvalue weighted by molar-refractivity contribution is 5.86. The molecule has 1 amide bonds. The van der Waals surface area contributed by atoms with Crippen molar-refractivity contribution in [2.75, 3.05) is 6.61 Å². The summed E-state index contributed by atoms with van der Waals surface area (Å²) in [4.78, 5) is 22.3. The van der Waals surface area contributed by atoms with Gasteiger partial charge in [0.25, 0.3) is 0 Å². The highest BCUT2D eigenvalue weighted by Gasteiger charge is 2.47. The fourth-order valence-electron chi connectivity index (χ4n) is 3.33. The van der Waals surface area contributed by atoms with E-state index >= 15 is 0 Å². The fraction of sp³-hybridized carbons (Fsp3) is 0.875. The minimum absolute atomic E-state index is 0.118. The summed E-state index contributed by atoms with van der Waals surface area (Å²) < 4.78 is 6.09. The quantitative estimate of drug-likeness (QED) is 0.661. The molecule has 4 N–H and O–H groups in total. The number of nitrogens with one attached hydrogen (secondary N) is 1. The van der Waals surface area contributed by atoms with E-state index in [4.69, 9.17) is 15.6 Å². The lowest BCUT2D eigenvalue weighted by Gasteiger charge is -2.36. The molecule has 1 aliphatic rings. The SMILES string of the molecule is CC(COC1C(C)(C)CCC1(C)C)NC(=O)[C@@H](N)CC(=O)O. The van der Waals surface area contributed by atoms with E-state index in [1.807, 2.05) is 6.92 Å². The number of carboxylic acid groups (broad SMARTS) is 1. The van der Waals surface area contributed by atoms with Crippen LogP contribution in [0.15, 0.2) is 0 Å². The number of hydrogen-bond acceptors (Lipinski definition) is 4. The number of carbonyl (C=O) groups excluding carboxylic acids is 1. The molecule has 0 aromatic rings. The maximum Gasteiger partial charge on any atom is 0.305 e. The van der Waals surface area contributed by atoms with Crippen molar-refractivity contribution in [3.8, 4) is 0 Å². The van der Waals surface area contributed by atoms with Crippen molar-refractivity contribution in [2.24, 2.45) is 16.6 Å². The number of hydrogen-bond donors (Lipinski definition) is 3. The van der Waals surface area contributed by atoms with Crippen LogP contribution in [-0.4, -0.2) is 41.8 Å². The van der Waals surface area contributed by atoms with Gasteiger partial charge < -0.3 is 20.9 Å². The van der Waals surface area contributed by atoms with E-state index < -0.39 is 17.9 Å². The lowest BCUT2D eigenvalue weighted by molar-refractivity contribution is -0.139. The molecular weight excluding hydrogens is 284 g/mol. The molecule has 1 rings (SSSR count). The topological polar surface area (TPSA) is 102 Å². The molecule has 0 aromatic heterocycles. The molecule has 1 unspecified atom stereocenters. The minimum atomic E-state index is -1.08. The van der Waals surface area contributed by atoms with E-state index in [1.54, 1.807) is 0 Å². The Kier molecular flexibility index (Phi) is 5.98. The minimum Gasteiger partial charge on any atom is -0.481 e. The highest BCUT2D eigenvalue weighted by Crippen LogP contribution is 2.50. The monoisotopic (exact) mass is 314 g/mol. The number of rotatable bonds is 7. The zero-order valence-corrected chi connectivity index (χ0v) is 14.3. The Labute approximate surface area is 132 Å². The summed E-state index contributed by atoms with van der Waals surface area (Å²) in [6.45, 7) is 11.1. The molecule has 0 spiro atoms. The van der Waals surface area contributed by atoms with Gasteiger partial charge in [-0.15, -0.1) is 0 Å². The van der Waals surface area contributed by atoms with Crippen LogP contribution in [0.25, 0.3) is 0 Å². The van der Waals surface area contributed by atoms with Crippen LogP contribution in [0.5, 0.6) is 0 Å². The van der Waals surface area contributed by atoms with Gasteiger partial charge in [0.1, 0.15) is 0 Å². The molecule has 6 nitrogen and oxygen atoms in total. The zero-order chi connectivity index (χ0) is 17.1. The van der Waals surface area contributed by atoms with Gasteiger partial charge in [-0.1, -0.05) is 27.7 Å². The summed E-state index contributed by atoms with van der Waals surface area (Å²) >= 11 is 0. The van der Waals surface area contributed by atoms with Crippen molar-refractivity contribution < 1.29 is 19.4 Å². The number of carboxylic acids is 1. The summed E-state index contributed by atoms with van der Waals surface area (Å²) in [5, 5.41) is 11.4. The Morgan fingerprint density at radius 3 is 2.23 bits per heavy atom. The Balaban J connectivity index is 2.47. The first-order valence-electron chi connectivity index (χ1n) is 7.85. The van der Waals surface area contributed by atoms with Gasteiger partial charge >= 0.3 is 5.97 Å². The molecule has 128 valence electrons. The molecule has 6 heteroatoms. The maximum absolute atomic E-state index is 11.8. The summed E-state index contributed by atoms with van der Waals surface area (Å²) in [6, 6.07) is -1.24. The standard InChI is InChI=1S/C16H30N2O4/c1-10(18-13(21)11(17)8-12(19)20)9-22-14-15(2,3)6-7-16(14,4)5/h10-11,14H,6-9,17H2,1-5H3,(H,18,21)(H,19,20)/t10?,11-/m0/s1. The van der Waals surface area contributed by atoms with Gasteiger partial charge in [0.05, 0.1) is 25.2 Å². The summed E-state index contributed by atoms with van der Waals surface area (Å²) in [7, 11) is 0. The highest BCUT2D eigenvalue weighted by atomic mass is 16.5. The fourth-order valence-corrected chi connectivity index (χ4v) is 3.33. The molecule has 0 aromatic carbocycles. The van der Waals surface area contributed by atoms with Crippen molar-refractivity contribution in [2.45, 2.75) is 72.1 Å². The second-order valence-electron chi connectivity index (χ2n) is 7.80. The van der Waals surface area contributed by atoms with Crippen LogP contribution >= 0.6 is 0 Å². The first-order chi connectivity index (χ1) is 9.95. The molecule has 0 bridgehead atoms. The maximum atomic E-state index is 11.8. The van der Waals surface area contributed by atoms with E-state index in [9.17, 15) is 9.59 Å². The van der Waals surface area contributed by atoms with Crippen LogP contribution in [0.3, 0.4) is 0 Å². The third-order valence-electron chi connectivity index (χ3n) is 4.47. The normalized spacial score (nSPS) is 23.0. The molecule has 1 saturated carbocycles. The van der Waals surface area contributed by atoms with Crippen molar-refractivity contribution in [1.29, 1.82) is 0 Å². The second kappa shape index (κ2) is 6.96. The number of aliphatic carboxylic acids is 1. The van der Waals surface area contributed by atoms with Gasteiger partial charge in [0.15, 0.2) is 0 Å². The Hall–Kier alpha value is -1.14. The average molecular weight is 314 g/mol. The van der Waals surface area contributed by atoms with Crippen LogP contribution in [0, 0.1) is 10.8 Å². The van der Waals surface area contributed by atoms with Crippen LogP contribution in [0.4, 0.5) is 0 Å². The van der Waals surface area contributed by atoms with E-state index in [1.165, 1.54) is 0 Å². The van der Waals surface area contributed by atoms with Crippen molar-refractivity contribution in [3.63, 3.8) is 0 Å². The Morgan fingerprint density at radius 1 is 1.27 bits per heavy atom. The Bertz CT molecular complexity index is 404. The third-order valence-corrected chi connectivity index (χ3v) is 4.47. The van der Waals surface area contributed by atoms with Crippen LogP contribution in [-0.2, 0) is 14.3 Å². The van der Waals surface area contributed by atoms with Crippen molar-refractivity contribution >= 4 is 11.9 Å². The lowest BCUT2D eigenvalue weighted by atomic mass is 9.81. The van der Waals surface area contributed by atoms with Crippen LogP contribution in [0.1, 0.15) is 53.9 Å². The summed E-state index contributed by atoms with van der Waals surface area (Å²) in [5.74, 6) is -1.54. The molecular formula is C16H30N2O4. The van der Waals surface area contributed by atoms with Gasteiger partial charge in [-0.3, -0.25) is 9.59 Å². The molecule has 2 atom stereocenters. The van der Waals surface area contributed by atoms with Gasteiger partial charge in [-0.25, -0.2) is 0 Å². The molecule has 0 radical (unpaired) electrons. The van der Waals surface area contributed by atoms with Crippen LogP contribution < -0.4 is 11.1 Å². The van der Waals surface area contributed by atoms with E-state index in [-0.39, 0.29) is 29.4 Å². The average Bonchev–Trinajstić information content (AvgIpc) is 2.55. The van der Waals surface area contributed by atoms with Gasteiger partial charge in [-0.05, 0) is 30.6 Å². The van der Waals surface area contributed by atoms with Gasteiger partial charge in [-0.2, -0.15) is 0 Å². The number of ether oxygens (including phenoxy) is 1. The van der Waals surface area contributed by atoms with Crippen molar-refractivity contribution in [1.82, 2.24) is 5.32 Å². The molecule has 0 heterocycles. The molecule has 0 saturated heterocycles. The predicted molar refractivity (Wildman–Crippen MR) is 84.4 cm³/mol. The first-order valence-corrected chi connectivity index (χ1v) is 7.85. The molecule has 0 aliphatic heterocycles. The van der Waals surface area contributed by atoms with Crippen molar-refractivity contribution in [3.05, 3.63) is 0 Å². The third kappa shape index (κ3) is 4.95. The largest absolute Gasteiger partial charge is 0.481 e. The predicted octanol–water partition coefficient (Wildman–Crippen LogP) is 1.52. The molecule has 1 aliphatic carbocycles. The van der Waals surface area contributed by atoms with Gasteiger partial charge in [0, 0.05) is 6.04 Å². The first kappa shape index (κ1) is 18.9. The van der Waals surface area contributed by atoms with Gasteiger partial charge in [0.2, 0.25) is 5.91 Å². The Morgan fingerprint density at radius 2 is 1.77 bits per heavy atom. The number of amides is 1. The summed E-state index contributed by atoms with van der Waals surface area (Å²) in [5.41, 5.74) is 5.77. The number of carbonyl (C=O) groups is 2. The smallest absolute Gasteiger partial charge is 0.305 e. The van der Waals surface area contributed by atoms with E-state index in [2.05, 4.69) is 33.0 Å². The summed E-state index contributed by atoms with van der Waals surface area (Å²) in [6.07, 6.45) is 2.00. The lowest BCUT2D eigenvalue weighted by Crippen LogP contribution is -2.48. The molecule has 1 fully saturated rings. The van der Waals surface area contributed by atoms with E-state index in [0.717, 1.165) is 12.8 Å². The zero-order valence-electron chi connectivity index (χ0n) is 14.3. The van der Waals surface area contributed by atoms with Crippen LogP contribution in [0.2, 0.25) is 0 Å². The van der Waals surface area contributed by atoms with E-state index in [0.29, 0.717) is 6.61 Å². The second-order valence-corrected chi connectivity index (χ2v) is 7.80.